The zero-order valence-corrected chi connectivity index (χ0v) is 18.6. The van der Waals surface area contributed by atoms with E-state index in [0.29, 0.717) is 37.3 Å². The highest BCUT2D eigenvalue weighted by molar-refractivity contribution is 6.76. The third-order valence-corrected chi connectivity index (χ3v) is 7.18. The van der Waals surface area contributed by atoms with Crippen molar-refractivity contribution in [1.82, 2.24) is 9.88 Å². The van der Waals surface area contributed by atoms with E-state index in [9.17, 15) is 9.59 Å². The molecule has 7 heteroatoms. The Bertz CT molecular complexity index is 800. The number of carbonyl (C=O) groups excluding carboxylic acids is 2. The van der Waals surface area contributed by atoms with Gasteiger partial charge < -0.3 is 9.64 Å². The normalized spacial score (nSPS) is 23.6. The number of anilines is 1. The van der Waals surface area contributed by atoms with E-state index in [1.54, 1.807) is 11.1 Å². The van der Waals surface area contributed by atoms with E-state index < -0.39 is 13.5 Å². The van der Waals surface area contributed by atoms with Crippen LogP contribution in [0.4, 0.5) is 5.82 Å². The van der Waals surface area contributed by atoms with Crippen molar-refractivity contribution in [2.24, 2.45) is 0 Å². The molecule has 1 fully saturated rings. The van der Waals surface area contributed by atoms with Crippen molar-refractivity contribution in [2.75, 3.05) is 32.3 Å². The SMILES string of the molecule is CN(C)C=C1C[C@@]2(CCC1=O)C(=O)N(COCC[Si](C)(C)C)c1ncccc12. The van der Waals surface area contributed by atoms with Crippen LogP contribution in [0.15, 0.2) is 30.1 Å². The second kappa shape index (κ2) is 7.79. The molecule has 3 rings (SSSR count). The summed E-state index contributed by atoms with van der Waals surface area (Å²) in [5, 5.41) is 0. The second-order valence-electron chi connectivity index (χ2n) is 9.26. The maximum atomic E-state index is 13.5. The number of pyridine rings is 1. The van der Waals surface area contributed by atoms with E-state index in [-0.39, 0.29) is 18.4 Å². The van der Waals surface area contributed by atoms with Crippen LogP contribution < -0.4 is 4.90 Å². The Kier molecular flexibility index (Phi) is 5.77. The fourth-order valence-electron chi connectivity index (χ4n) is 3.95. The molecular formula is C21H31N3O3Si. The predicted molar refractivity (Wildman–Crippen MR) is 113 cm³/mol. The van der Waals surface area contributed by atoms with Gasteiger partial charge in [0.1, 0.15) is 12.5 Å². The molecule has 1 atom stereocenters. The summed E-state index contributed by atoms with van der Waals surface area (Å²) in [6, 6.07) is 4.90. The van der Waals surface area contributed by atoms with Crippen LogP contribution in [-0.4, -0.2) is 57.1 Å². The van der Waals surface area contributed by atoms with Crippen LogP contribution in [0.25, 0.3) is 0 Å². The van der Waals surface area contributed by atoms with E-state index in [1.807, 2.05) is 37.3 Å². The molecule has 1 aliphatic heterocycles. The van der Waals surface area contributed by atoms with Gasteiger partial charge >= 0.3 is 0 Å². The minimum atomic E-state index is -1.19. The Balaban J connectivity index is 1.86. The lowest BCUT2D eigenvalue weighted by Crippen LogP contribution is -2.44. The number of ether oxygens (including phenoxy) is 1. The maximum absolute atomic E-state index is 13.5. The first-order chi connectivity index (χ1) is 13.1. The molecule has 152 valence electrons. The Morgan fingerprint density at radius 3 is 2.75 bits per heavy atom. The lowest BCUT2D eigenvalue weighted by Gasteiger charge is -2.33. The number of nitrogens with zero attached hydrogens (tertiary/aromatic N) is 3. The van der Waals surface area contributed by atoms with Crippen LogP contribution in [0.5, 0.6) is 0 Å². The number of hydrogen-bond acceptors (Lipinski definition) is 5. The molecule has 0 N–H and O–H groups in total. The molecule has 0 radical (unpaired) electrons. The number of Topliss-reactive ketones (excluding diaryl/α,β-unsaturated/α-hetero) is 1. The summed E-state index contributed by atoms with van der Waals surface area (Å²) < 4.78 is 5.88. The van der Waals surface area contributed by atoms with Gasteiger partial charge in [-0.3, -0.25) is 14.5 Å². The largest absolute Gasteiger partial charge is 0.383 e. The zero-order valence-electron chi connectivity index (χ0n) is 17.6. The molecule has 2 heterocycles. The van der Waals surface area contributed by atoms with Crippen molar-refractivity contribution in [3.8, 4) is 0 Å². The average Bonchev–Trinajstić information content (AvgIpc) is 2.83. The highest BCUT2D eigenvalue weighted by Gasteiger charge is 2.54. The highest BCUT2D eigenvalue weighted by Crippen LogP contribution is 2.49. The molecule has 1 saturated carbocycles. The van der Waals surface area contributed by atoms with Gasteiger partial charge in [-0.15, -0.1) is 0 Å². The molecular weight excluding hydrogens is 370 g/mol. The average molecular weight is 402 g/mol. The van der Waals surface area contributed by atoms with Crippen molar-refractivity contribution in [1.29, 1.82) is 0 Å². The summed E-state index contributed by atoms with van der Waals surface area (Å²) in [5.74, 6) is 0.813. The molecule has 6 nitrogen and oxygen atoms in total. The zero-order chi connectivity index (χ0) is 20.5. The molecule has 28 heavy (non-hydrogen) atoms. The number of ketones is 1. The van der Waals surface area contributed by atoms with Crippen LogP contribution in [0.3, 0.4) is 0 Å². The van der Waals surface area contributed by atoms with Crippen LogP contribution in [0.2, 0.25) is 25.7 Å². The first kappa shape index (κ1) is 20.7. The van der Waals surface area contributed by atoms with Crippen LogP contribution in [-0.2, 0) is 19.7 Å². The lowest BCUT2D eigenvalue weighted by atomic mass is 9.68. The van der Waals surface area contributed by atoms with Crippen molar-refractivity contribution < 1.29 is 14.3 Å². The molecule has 1 spiro atoms. The molecule has 0 bridgehead atoms. The molecule has 0 saturated heterocycles. The number of allylic oxidation sites excluding steroid dienone is 1. The fourth-order valence-corrected chi connectivity index (χ4v) is 4.71. The van der Waals surface area contributed by atoms with E-state index in [2.05, 4.69) is 24.6 Å². The van der Waals surface area contributed by atoms with Gasteiger partial charge in [-0.2, -0.15) is 0 Å². The summed E-state index contributed by atoms with van der Waals surface area (Å²) in [4.78, 5) is 34.0. The van der Waals surface area contributed by atoms with E-state index in [4.69, 9.17) is 4.74 Å². The van der Waals surface area contributed by atoms with Gasteiger partial charge in [0.05, 0.1) is 5.41 Å². The third-order valence-electron chi connectivity index (χ3n) is 5.47. The van der Waals surface area contributed by atoms with E-state index >= 15 is 0 Å². The van der Waals surface area contributed by atoms with Gasteiger partial charge in [-0.1, -0.05) is 25.7 Å². The number of aromatic nitrogens is 1. The molecule has 1 aliphatic carbocycles. The first-order valence-electron chi connectivity index (χ1n) is 9.90. The molecule has 1 amide bonds. The molecule has 0 unspecified atom stereocenters. The number of amides is 1. The summed E-state index contributed by atoms with van der Waals surface area (Å²) in [7, 11) is 2.60. The Morgan fingerprint density at radius 2 is 2.07 bits per heavy atom. The van der Waals surface area contributed by atoms with Gasteiger partial charge in [-0.05, 0) is 25.0 Å². The minimum Gasteiger partial charge on any atom is -0.383 e. The third kappa shape index (κ3) is 4.05. The molecule has 2 aliphatic rings. The first-order valence-corrected chi connectivity index (χ1v) is 13.6. The number of rotatable bonds is 6. The van der Waals surface area contributed by atoms with Gasteiger partial charge in [0.15, 0.2) is 5.78 Å². The van der Waals surface area contributed by atoms with Gasteiger partial charge in [-0.25, -0.2) is 4.98 Å². The van der Waals surface area contributed by atoms with Crippen molar-refractivity contribution in [3.05, 3.63) is 35.7 Å². The van der Waals surface area contributed by atoms with E-state index in [1.165, 1.54) is 0 Å². The quantitative estimate of drug-likeness (QED) is 0.416. The molecule has 1 aromatic rings. The minimum absolute atomic E-state index is 0.00589. The van der Waals surface area contributed by atoms with Gasteiger partial charge in [0.25, 0.3) is 0 Å². The van der Waals surface area contributed by atoms with Crippen LogP contribution in [0.1, 0.15) is 24.8 Å². The van der Waals surface area contributed by atoms with Gasteiger partial charge in [0, 0.05) is 58.7 Å². The fraction of sp³-hybridized carbons (Fsp3) is 0.571. The second-order valence-corrected chi connectivity index (χ2v) is 14.9. The lowest BCUT2D eigenvalue weighted by molar-refractivity contribution is -0.126. The van der Waals surface area contributed by atoms with Crippen molar-refractivity contribution in [3.63, 3.8) is 0 Å². The van der Waals surface area contributed by atoms with Crippen LogP contribution >= 0.6 is 0 Å². The number of hydrogen-bond donors (Lipinski definition) is 0. The molecule has 1 aromatic heterocycles. The smallest absolute Gasteiger partial charge is 0.241 e. The number of fused-ring (bicyclic) bond motifs is 2. The Labute approximate surface area is 168 Å². The van der Waals surface area contributed by atoms with Gasteiger partial charge in [0.2, 0.25) is 5.91 Å². The summed E-state index contributed by atoms with van der Waals surface area (Å²) in [6.07, 6.45) is 4.89. The van der Waals surface area contributed by atoms with Crippen LogP contribution in [0, 0.1) is 0 Å². The predicted octanol–water partition coefficient (Wildman–Crippen LogP) is 3.18. The Morgan fingerprint density at radius 1 is 1.32 bits per heavy atom. The summed E-state index contributed by atoms with van der Waals surface area (Å²) >= 11 is 0. The topological polar surface area (TPSA) is 62.7 Å². The standard InChI is InChI=1S/C21H31N3O3Si/c1-23(2)14-16-13-21(9-8-18(16)25)17-7-6-10-22-19(17)24(20(21)26)15-27-11-12-28(3,4)5/h6-7,10,14H,8-9,11-13,15H2,1-5H3/t21-/m1/s1. The highest BCUT2D eigenvalue weighted by atomic mass is 28.3. The molecule has 0 aromatic carbocycles. The summed E-state index contributed by atoms with van der Waals surface area (Å²) in [5.41, 5.74) is 0.924. The van der Waals surface area contributed by atoms with E-state index in [0.717, 1.165) is 11.6 Å². The van der Waals surface area contributed by atoms with Crippen molar-refractivity contribution >= 4 is 25.6 Å². The summed E-state index contributed by atoms with van der Waals surface area (Å²) in [6.45, 7) is 7.79. The van der Waals surface area contributed by atoms with Crippen molar-refractivity contribution in [2.45, 2.75) is 50.4 Å². The Hall–Kier alpha value is -1.99. The number of carbonyl (C=O) groups is 2. The maximum Gasteiger partial charge on any atom is 0.241 e. The monoisotopic (exact) mass is 401 g/mol.